The van der Waals surface area contributed by atoms with Crippen LogP contribution in [0.15, 0.2) is 24.3 Å². The van der Waals surface area contributed by atoms with Gasteiger partial charge in [0.2, 0.25) is 0 Å². The highest BCUT2D eigenvalue weighted by molar-refractivity contribution is 6.30. The maximum Gasteiger partial charge on any atom is 0.0409 e. The Balaban J connectivity index is 0.00000169. The van der Waals surface area contributed by atoms with Crippen molar-refractivity contribution in [2.75, 3.05) is 0 Å². The van der Waals surface area contributed by atoms with Crippen molar-refractivity contribution in [3.05, 3.63) is 34.9 Å². The Morgan fingerprint density at radius 3 is 2.29 bits per heavy atom. The quantitative estimate of drug-likeness (QED) is 0.785. The Hall–Kier alpha value is -0.240. The van der Waals surface area contributed by atoms with E-state index in [9.17, 15) is 0 Å². The summed E-state index contributed by atoms with van der Waals surface area (Å²) in [5.74, 6) is 0. The van der Waals surface area contributed by atoms with E-state index in [0.717, 1.165) is 10.6 Å². The fourth-order valence-electron chi connectivity index (χ4n) is 1.20. The van der Waals surface area contributed by atoms with E-state index in [-0.39, 0.29) is 23.9 Å². The largest absolute Gasteiger partial charge is 0.324 e. The molecule has 0 spiro atoms. The highest BCUT2D eigenvalue weighted by Crippen LogP contribution is 2.31. The molecule has 2 N–H and O–H groups in total. The molecule has 0 fully saturated rings. The van der Waals surface area contributed by atoms with Crippen LogP contribution in [0.2, 0.25) is 5.02 Å². The van der Waals surface area contributed by atoms with Crippen molar-refractivity contribution in [3.63, 3.8) is 0 Å². The number of nitrogens with two attached hydrogens (primary N) is 1. The highest BCUT2D eigenvalue weighted by atomic mass is 35.5. The van der Waals surface area contributed by atoms with Gasteiger partial charge in [-0.25, -0.2) is 0 Å². The third-order valence-electron chi connectivity index (χ3n) is 2.14. The monoisotopic (exact) mass is 233 g/mol. The lowest BCUT2D eigenvalue weighted by Crippen LogP contribution is -2.26. The van der Waals surface area contributed by atoms with E-state index in [1.165, 1.54) is 0 Å². The van der Waals surface area contributed by atoms with Crippen LogP contribution in [0.5, 0.6) is 0 Å². The summed E-state index contributed by atoms with van der Waals surface area (Å²) in [6.07, 6.45) is 0. The lowest BCUT2D eigenvalue weighted by molar-refractivity contribution is 0.327. The Kier molecular flexibility index (Phi) is 4.93. The lowest BCUT2D eigenvalue weighted by atomic mass is 9.83. The molecule has 1 aromatic rings. The van der Waals surface area contributed by atoms with E-state index >= 15 is 0 Å². The second kappa shape index (κ2) is 5.01. The molecular weight excluding hydrogens is 217 g/mol. The summed E-state index contributed by atoms with van der Waals surface area (Å²) >= 11 is 5.88. The van der Waals surface area contributed by atoms with Gasteiger partial charge in [-0.2, -0.15) is 0 Å². The zero-order valence-corrected chi connectivity index (χ0v) is 10.3. The zero-order chi connectivity index (χ0) is 10.1. The summed E-state index contributed by atoms with van der Waals surface area (Å²) in [5, 5.41) is 0.747. The van der Waals surface area contributed by atoms with Crippen LogP contribution < -0.4 is 5.73 Å². The number of rotatable bonds is 1. The maximum atomic E-state index is 6.08. The average molecular weight is 234 g/mol. The molecule has 0 bridgehead atoms. The topological polar surface area (TPSA) is 26.0 Å². The minimum atomic E-state index is 0. The van der Waals surface area contributed by atoms with Gasteiger partial charge in [0.25, 0.3) is 0 Å². The van der Waals surface area contributed by atoms with Gasteiger partial charge in [0.1, 0.15) is 0 Å². The molecule has 0 unspecified atom stereocenters. The summed E-state index contributed by atoms with van der Waals surface area (Å²) in [5.41, 5.74) is 7.25. The van der Waals surface area contributed by atoms with Gasteiger partial charge in [0.05, 0.1) is 0 Å². The van der Waals surface area contributed by atoms with E-state index in [4.69, 9.17) is 17.3 Å². The van der Waals surface area contributed by atoms with Crippen molar-refractivity contribution in [2.24, 2.45) is 11.1 Å². The molecule has 0 aromatic heterocycles. The second-order valence-corrected chi connectivity index (χ2v) is 4.84. The molecule has 1 aromatic carbocycles. The van der Waals surface area contributed by atoms with Gasteiger partial charge < -0.3 is 5.73 Å². The summed E-state index contributed by atoms with van der Waals surface area (Å²) in [6, 6.07) is 7.77. The molecule has 0 saturated carbocycles. The highest BCUT2D eigenvalue weighted by Gasteiger charge is 2.21. The van der Waals surface area contributed by atoms with Crippen LogP contribution in [0.3, 0.4) is 0 Å². The first kappa shape index (κ1) is 13.8. The van der Waals surface area contributed by atoms with Crippen molar-refractivity contribution in [2.45, 2.75) is 26.8 Å². The van der Waals surface area contributed by atoms with Crippen molar-refractivity contribution >= 4 is 24.0 Å². The molecule has 1 nitrogen and oxygen atoms in total. The van der Waals surface area contributed by atoms with Crippen LogP contribution in [0.1, 0.15) is 32.4 Å². The van der Waals surface area contributed by atoms with Gasteiger partial charge >= 0.3 is 0 Å². The molecule has 1 rings (SSSR count). The van der Waals surface area contributed by atoms with Crippen LogP contribution in [-0.4, -0.2) is 0 Å². The molecule has 0 amide bonds. The molecule has 1 atom stereocenters. The van der Waals surface area contributed by atoms with Crippen LogP contribution in [0.4, 0.5) is 0 Å². The average Bonchev–Trinajstić information content (AvgIpc) is 2.01. The Morgan fingerprint density at radius 2 is 1.86 bits per heavy atom. The van der Waals surface area contributed by atoms with Gasteiger partial charge in [0.15, 0.2) is 0 Å². The van der Waals surface area contributed by atoms with Gasteiger partial charge in [-0.1, -0.05) is 44.5 Å². The van der Waals surface area contributed by atoms with Crippen LogP contribution >= 0.6 is 24.0 Å². The van der Waals surface area contributed by atoms with Crippen molar-refractivity contribution < 1.29 is 0 Å². The Bertz CT molecular complexity index is 292. The van der Waals surface area contributed by atoms with Crippen molar-refractivity contribution in [1.82, 2.24) is 0 Å². The molecule has 3 heteroatoms. The van der Waals surface area contributed by atoms with Crippen LogP contribution in [0.25, 0.3) is 0 Å². The number of hydrogen-bond donors (Lipinski definition) is 1. The molecule has 0 aliphatic heterocycles. The van der Waals surface area contributed by atoms with Crippen LogP contribution in [-0.2, 0) is 0 Å². The summed E-state index contributed by atoms with van der Waals surface area (Å²) in [6.45, 7) is 6.37. The fraction of sp³-hybridized carbons (Fsp3) is 0.455. The van der Waals surface area contributed by atoms with Gasteiger partial charge in [0, 0.05) is 11.1 Å². The van der Waals surface area contributed by atoms with Crippen molar-refractivity contribution in [1.29, 1.82) is 0 Å². The first-order valence-electron chi connectivity index (χ1n) is 4.42. The summed E-state index contributed by atoms with van der Waals surface area (Å²) in [7, 11) is 0. The first-order valence-corrected chi connectivity index (χ1v) is 4.80. The van der Waals surface area contributed by atoms with E-state index in [1.807, 2.05) is 24.3 Å². The van der Waals surface area contributed by atoms with E-state index in [1.54, 1.807) is 0 Å². The second-order valence-electron chi connectivity index (χ2n) is 4.40. The maximum absolute atomic E-state index is 6.08. The molecule has 0 radical (unpaired) electrons. The van der Waals surface area contributed by atoms with Gasteiger partial charge in [-0.05, 0) is 23.1 Å². The predicted octanol–water partition coefficient (Wildman–Crippen LogP) is 3.81. The number of hydrogen-bond acceptors (Lipinski definition) is 1. The number of benzene rings is 1. The van der Waals surface area contributed by atoms with E-state index in [0.29, 0.717) is 0 Å². The summed E-state index contributed by atoms with van der Waals surface area (Å²) in [4.78, 5) is 0. The Labute approximate surface area is 97.1 Å². The third-order valence-corrected chi connectivity index (χ3v) is 2.38. The standard InChI is InChI=1S/C11H16ClN.ClH/c1-11(2,3)10(13)8-5-4-6-9(12)7-8;/h4-7,10H,13H2,1-3H3;1H/t10-;/m1./s1. The van der Waals surface area contributed by atoms with Gasteiger partial charge in [-0.15, -0.1) is 12.4 Å². The molecule has 0 saturated heterocycles. The minimum Gasteiger partial charge on any atom is -0.324 e. The molecule has 0 heterocycles. The fourth-order valence-corrected chi connectivity index (χ4v) is 1.40. The van der Waals surface area contributed by atoms with E-state index in [2.05, 4.69) is 20.8 Å². The lowest BCUT2D eigenvalue weighted by Gasteiger charge is -2.27. The normalized spacial score (nSPS) is 13.2. The van der Waals surface area contributed by atoms with E-state index < -0.39 is 0 Å². The summed E-state index contributed by atoms with van der Waals surface area (Å²) < 4.78 is 0. The molecule has 14 heavy (non-hydrogen) atoms. The Morgan fingerprint density at radius 1 is 1.29 bits per heavy atom. The predicted molar refractivity (Wildman–Crippen MR) is 65.1 cm³/mol. The SMILES string of the molecule is CC(C)(C)[C@H](N)c1cccc(Cl)c1.Cl. The van der Waals surface area contributed by atoms with Gasteiger partial charge in [-0.3, -0.25) is 0 Å². The minimum absolute atomic E-state index is 0. The van der Waals surface area contributed by atoms with Crippen LogP contribution in [0, 0.1) is 5.41 Å². The smallest absolute Gasteiger partial charge is 0.0409 e. The molecule has 0 aliphatic carbocycles. The molecular formula is C11H17Cl2N. The third kappa shape index (κ3) is 3.49. The van der Waals surface area contributed by atoms with Crippen molar-refractivity contribution in [3.8, 4) is 0 Å². The molecule has 0 aliphatic rings. The molecule has 80 valence electrons. The zero-order valence-electron chi connectivity index (χ0n) is 8.75. The number of halogens is 2. The first-order chi connectivity index (χ1) is 5.91.